The molecule has 0 radical (unpaired) electrons. The van der Waals surface area contributed by atoms with Crippen molar-refractivity contribution in [3.05, 3.63) is 65.7 Å². The summed E-state index contributed by atoms with van der Waals surface area (Å²) in [7, 11) is 0. The molecule has 0 N–H and O–H groups in total. The van der Waals surface area contributed by atoms with Gasteiger partial charge in [0, 0.05) is 6.54 Å². The third-order valence-electron chi connectivity index (χ3n) is 4.92. The van der Waals surface area contributed by atoms with Gasteiger partial charge in [-0.1, -0.05) is 42.5 Å². The van der Waals surface area contributed by atoms with Crippen molar-refractivity contribution in [1.82, 2.24) is 4.90 Å². The van der Waals surface area contributed by atoms with Crippen LogP contribution in [0.15, 0.2) is 54.6 Å². The number of likely N-dealkylation sites (tertiary alicyclic amines) is 1. The number of nitrogens with zero attached hydrogens (tertiary/aromatic N) is 1. The molecule has 2 aromatic rings. The van der Waals surface area contributed by atoms with Gasteiger partial charge in [0.15, 0.2) is 0 Å². The predicted molar refractivity (Wildman–Crippen MR) is 106 cm³/mol. The van der Waals surface area contributed by atoms with E-state index < -0.39 is 23.7 Å². The van der Waals surface area contributed by atoms with E-state index in [1.165, 1.54) is 6.92 Å². The zero-order valence-electron chi connectivity index (χ0n) is 16.4. The van der Waals surface area contributed by atoms with Gasteiger partial charge < -0.3 is 9.64 Å². The first-order valence-corrected chi connectivity index (χ1v) is 9.54. The Balaban J connectivity index is 1.88. The molecule has 1 saturated heterocycles. The molecule has 2 aromatic carbocycles. The largest absolute Gasteiger partial charge is 0.491 e. The molecule has 28 heavy (non-hydrogen) atoms. The maximum absolute atomic E-state index is 12.6. The molecule has 5 heteroatoms. The number of ketones is 2. The first-order chi connectivity index (χ1) is 13.4. The highest BCUT2D eigenvalue weighted by atomic mass is 16.5. The molecule has 146 valence electrons. The summed E-state index contributed by atoms with van der Waals surface area (Å²) in [6, 6.07) is 16.5. The highest BCUT2D eigenvalue weighted by Crippen LogP contribution is 2.37. The van der Waals surface area contributed by atoms with Crippen molar-refractivity contribution in [2.24, 2.45) is 5.92 Å². The van der Waals surface area contributed by atoms with Gasteiger partial charge in [-0.3, -0.25) is 14.4 Å². The number of carbonyl (C=O) groups is 3. The molecule has 0 saturated carbocycles. The van der Waals surface area contributed by atoms with Crippen LogP contribution >= 0.6 is 0 Å². The molecular weight excluding hydrogens is 354 g/mol. The van der Waals surface area contributed by atoms with Gasteiger partial charge in [0.2, 0.25) is 5.78 Å². The Morgan fingerprint density at radius 3 is 2.25 bits per heavy atom. The van der Waals surface area contributed by atoms with Crippen LogP contribution in [0, 0.1) is 5.92 Å². The smallest absolute Gasteiger partial charge is 0.291 e. The Hall–Kier alpha value is -2.95. The zero-order valence-corrected chi connectivity index (χ0v) is 16.4. The summed E-state index contributed by atoms with van der Waals surface area (Å²) in [4.78, 5) is 38.9. The van der Waals surface area contributed by atoms with Crippen LogP contribution in [0.1, 0.15) is 37.9 Å². The Morgan fingerprint density at radius 2 is 1.68 bits per heavy atom. The van der Waals surface area contributed by atoms with E-state index in [1.807, 2.05) is 68.4 Å². The molecule has 1 amide bonds. The molecule has 5 nitrogen and oxygen atoms in total. The number of hydrogen-bond donors (Lipinski definition) is 0. The lowest BCUT2D eigenvalue weighted by Crippen LogP contribution is -2.32. The van der Waals surface area contributed by atoms with Crippen LogP contribution in [0.4, 0.5) is 0 Å². The molecule has 2 atom stereocenters. The lowest BCUT2D eigenvalue weighted by atomic mass is 9.90. The van der Waals surface area contributed by atoms with Gasteiger partial charge in [0.05, 0.1) is 12.1 Å². The highest BCUT2D eigenvalue weighted by molar-refractivity contribution is 6.42. The Bertz CT molecular complexity index is 858. The lowest BCUT2D eigenvalue weighted by Gasteiger charge is -2.27. The van der Waals surface area contributed by atoms with Crippen LogP contribution in [0.2, 0.25) is 0 Å². The molecule has 1 aliphatic rings. The van der Waals surface area contributed by atoms with Crippen molar-refractivity contribution in [3.8, 4) is 5.75 Å². The molecule has 3 rings (SSSR count). The summed E-state index contributed by atoms with van der Waals surface area (Å²) in [6.45, 7) is 5.64. The van der Waals surface area contributed by atoms with E-state index in [1.54, 1.807) is 4.90 Å². The summed E-state index contributed by atoms with van der Waals surface area (Å²) in [6.07, 6.45) is 0.669. The van der Waals surface area contributed by atoms with Crippen LogP contribution < -0.4 is 4.74 Å². The van der Waals surface area contributed by atoms with Crippen molar-refractivity contribution in [1.29, 1.82) is 0 Å². The molecule has 0 aliphatic carbocycles. The van der Waals surface area contributed by atoms with Crippen LogP contribution in [0.25, 0.3) is 0 Å². The minimum Gasteiger partial charge on any atom is -0.491 e. The summed E-state index contributed by atoms with van der Waals surface area (Å²) in [5, 5.41) is 0. The van der Waals surface area contributed by atoms with Crippen molar-refractivity contribution in [3.63, 3.8) is 0 Å². The number of carbonyl (C=O) groups excluding carboxylic acids is 3. The maximum Gasteiger partial charge on any atom is 0.291 e. The Labute approximate surface area is 165 Å². The SMILES string of the molecule is CC(=O)C1C(=O)C(=O)N(CCc2ccccc2)C1c1ccc(OC(C)C)cc1. The number of hydrogen-bond acceptors (Lipinski definition) is 4. The molecule has 0 aromatic heterocycles. The van der Waals surface area contributed by atoms with E-state index in [2.05, 4.69) is 0 Å². The fourth-order valence-electron chi connectivity index (χ4n) is 3.65. The summed E-state index contributed by atoms with van der Waals surface area (Å²) < 4.78 is 5.67. The molecule has 1 aliphatic heterocycles. The van der Waals surface area contributed by atoms with Crippen molar-refractivity contribution in [2.75, 3.05) is 6.54 Å². The molecule has 1 heterocycles. The van der Waals surface area contributed by atoms with Gasteiger partial charge in [-0.25, -0.2) is 0 Å². The number of amides is 1. The second-order valence-corrected chi connectivity index (χ2v) is 7.37. The summed E-state index contributed by atoms with van der Waals surface area (Å²) in [5.74, 6) is -1.73. The fourth-order valence-corrected chi connectivity index (χ4v) is 3.65. The molecule has 0 spiro atoms. The van der Waals surface area contributed by atoms with E-state index in [9.17, 15) is 14.4 Å². The highest BCUT2D eigenvalue weighted by Gasteiger charge is 2.49. The van der Waals surface area contributed by atoms with Gasteiger partial charge in [-0.05, 0) is 50.5 Å². The fraction of sp³-hybridized carbons (Fsp3) is 0.348. The van der Waals surface area contributed by atoms with Crippen LogP contribution in [-0.4, -0.2) is 35.0 Å². The van der Waals surface area contributed by atoms with Gasteiger partial charge in [-0.2, -0.15) is 0 Å². The van der Waals surface area contributed by atoms with Crippen LogP contribution in [-0.2, 0) is 20.8 Å². The predicted octanol–water partition coefficient (Wildman–Crippen LogP) is 3.37. The molecule has 2 unspecified atom stereocenters. The quantitative estimate of drug-likeness (QED) is 0.547. The minimum atomic E-state index is -0.958. The average molecular weight is 379 g/mol. The third kappa shape index (κ3) is 4.14. The molecular formula is C23H25NO4. The van der Waals surface area contributed by atoms with E-state index in [4.69, 9.17) is 4.74 Å². The Kier molecular flexibility index (Phi) is 5.93. The maximum atomic E-state index is 12.6. The molecule has 1 fully saturated rings. The number of ether oxygens (including phenoxy) is 1. The van der Waals surface area contributed by atoms with Crippen LogP contribution in [0.3, 0.4) is 0 Å². The zero-order chi connectivity index (χ0) is 20.3. The van der Waals surface area contributed by atoms with Crippen LogP contribution in [0.5, 0.6) is 5.75 Å². The Morgan fingerprint density at radius 1 is 1.04 bits per heavy atom. The van der Waals surface area contributed by atoms with Gasteiger partial charge >= 0.3 is 0 Å². The van der Waals surface area contributed by atoms with Crippen molar-refractivity contribution < 1.29 is 19.1 Å². The van der Waals surface area contributed by atoms with Gasteiger partial charge in [0.1, 0.15) is 17.5 Å². The first kappa shape index (κ1) is 19.8. The second-order valence-electron chi connectivity index (χ2n) is 7.37. The molecule has 0 bridgehead atoms. The van der Waals surface area contributed by atoms with Crippen molar-refractivity contribution >= 4 is 17.5 Å². The number of rotatable bonds is 7. The minimum absolute atomic E-state index is 0.0489. The number of Topliss-reactive ketones (excluding diaryl/α,β-unsaturated/α-hetero) is 2. The van der Waals surface area contributed by atoms with E-state index in [0.717, 1.165) is 11.1 Å². The standard InChI is InChI=1S/C23H25NO4/c1-15(2)28-19-11-9-18(10-12-19)21-20(16(3)25)22(26)23(27)24(21)14-13-17-7-5-4-6-8-17/h4-12,15,20-21H,13-14H2,1-3H3. The lowest BCUT2D eigenvalue weighted by molar-refractivity contribution is -0.142. The summed E-state index contributed by atoms with van der Waals surface area (Å²) >= 11 is 0. The third-order valence-corrected chi connectivity index (χ3v) is 4.92. The average Bonchev–Trinajstić information content (AvgIpc) is 2.92. The van der Waals surface area contributed by atoms with E-state index in [0.29, 0.717) is 18.7 Å². The van der Waals surface area contributed by atoms with E-state index >= 15 is 0 Å². The monoisotopic (exact) mass is 379 g/mol. The van der Waals surface area contributed by atoms with Gasteiger partial charge in [-0.15, -0.1) is 0 Å². The number of benzene rings is 2. The second kappa shape index (κ2) is 8.38. The topological polar surface area (TPSA) is 63.7 Å². The van der Waals surface area contributed by atoms with Crippen molar-refractivity contribution in [2.45, 2.75) is 39.3 Å². The van der Waals surface area contributed by atoms with E-state index in [-0.39, 0.29) is 11.9 Å². The normalized spacial score (nSPS) is 19.4. The van der Waals surface area contributed by atoms with Gasteiger partial charge in [0.25, 0.3) is 5.91 Å². The summed E-state index contributed by atoms with van der Waals surface area (Å²) in [5.41, 5.74) is 1.84. The first-order valence-electron chi connectivity index (χ1n) is 9.54.